The standard InChI is InChI=1S/C17H18FNO/c1-4-12-6-5-7-15(17(12)19)14-9-8-13(18)10-16(14)20-11(2)3/h4-11,19H,1-3H3/b12-4-,19-17?. The zero-order valence-electron chi connectivity index (χ0n) is 11.9. The summed E-state index contributed by atoms with van der Waals surface area (Å²) in [5.41, 5.74) is 2.77. The molecule has 0 heterocycles. The van der Waals surface area contributed by atoms with Crippen LogP contribution in [0.2, 0.25) is 0 Å². The third kappa shape index (κ3) is 2.87. The van der Waals surface area contributed by atoms with E-state index in [1.165, 1.54) is 12.1 Å². The highest BCUT2D eigenvalue weighted by atomic mass is 19.1. The molecular formula is C17H18FNO. The Kier molecular flexibility index (Phi) is 4.18. The lowest BCUT2D eigenvalue weighted by molar-refractivity contribution is 0.241. The van der Waals surface area contributed by atoms with Gasteiger partial charge in [0.25, 0.3) is 0 Å². The molecule has 3 heteroatoms. The Bertz CT molecular complexity index is 624. The lowest BCUT2D eigenvalue weighted by Gasteiger charge is -2.19. The van der Waals surface area contributed by atoms with Crippen molar-refractivity contribution in [2.45, 2.75) is 26.9 Å². The van der Waals surface area contributed by atoms with Gasteiger partial charge in [-0.3, -0.25) is 5.41 Å². The van der Waals surface area contributed by atoms with E-state index in [9.17, 15) is 4.39 Å². The van der Waals surface area contributed by atoms with Crippen LogP contribution in [-0.2, 0) is 0 Å². The highest BCUT2D eigenvalue weighted by Crippen LogP contribution is 2.32. The van der Waals surface area contributed by atoms with E-state index in [1.807, 2.05) is 45.1 Å². The minimum Gasteiger partial charge on any atom is -0.490 e. The molecule has 1 N–H and O–H groups in total. The zero-order valence-corrected chi connectivity index (χ0v) is 11.9. The van der Waals surface area contributed by atoms with Crippen molar-refractivity contribution in [3.8, 4) is 5.75 Å². The normalized spacial score (nSPS) is 16.8. The molecule has 104 valence electrons. The molecule has 0 saturated carbocycles. The third-order valence-corrected chi connectivity index (χ3v) is 3.00. The van der Waals surface area contributed by atoms with Gasteiger partial charge in [-0.25, -0.2) is 4.39 Å². The van der Waals surface area contributed by atoms with E-state index in [-0.39, 0.29) is 11.9 Å². The molecule has 0 spiro atoms. The van der Waals surface area contributed by atoms with Crippen LogP contribution < -0.4 is 4.74 Å². The highest BCUT2D eigenvalue weighted by Gasteiger charge is 2.18. The maximum atomic E-state index is 13.4. The Hall–Kier alpha value is -2.16. The molecule has 1 aromatic carbocycles. The topological polar surface area (TPSA) is 33.1 Å². The predicted molar refractivity (Wildman–Crippen MR) is 80.8 cm³/mol. The van der Waals surface area contributed by atoms with Crippen LogP contribution in [0, 0.1) is 11.2 Å². The predicted octanol–water partition coefficient (Wildman–Crippen LogP) is 4.53. The first-order valence-corrected chi connectivity index (χ1v) is 6.63. The van der Waals surface area contributed by atoms with Crippen LogP contribution in [0.1, 0.15) is 26.3 Å². The summed E-state index contributed by atoms with van der Waals surface area (Å²) in [5.74, 6) is 0.135. The van der Waals surface area contributed by atoms with E-state index in [0.717, 1.165) is 16.7 Å². The fourth-order valence-electron chi connectivity index (χ4n) is 2.11. The summed E-state index contributed by atoms with van der Waals surface area (Å²) in [6, 6.07) is 4.43. The van der Waals surface area contributed by atoms with Gasteiger partial charge in [0.1, 0.15) is 11.6 Å². The van der Waals surface area contributed by atoms with E-state index >= 15 is 0 Å². The summed E-state index contributed by atoms with van der Waals surface area (Å²) >= 11 is 0. The molecule has 1 aliphatic rings. The summed E-state index contributed by atoms with van der Waals surface area (Å²) in [7, 11) is 0. The van der Waals surface area contributed by atoms with Crippen molar-refractivity contribution in [2.24, 2.45) is 0 Å². The van der Waals surface area contributed by atoms with Gasteiger partial charge < -0.3 is 4.74 Å². The largest absolute Gasteiger partial charge is 0.490 e. The Balaban J connectivity index is 2.50. The van der Waals surface area contributed by atoms with E-state index in [2.05, 4.69) is 0 Å². The number of rotatable bonds is 3. The van der Waals surface area contributed by atoms with Gasteiger partial charge in [-0.15, -0.1) is 0 Å². The molecular weight excluding hydrogens is 253 g/mol. The molecule has 0 atom stereocenters. The second-order valence-electron chi connectivity index (χ2n) is 4.87. The van der Waals surface area contributed by atoms with Gasteiger partial charge in [0.05, 0.1) is 11.8 Å². The van der Waals surface area contributed by atoms with Crippen LogP contribution in [0.3, 0.4) is 0 Å². The maximum Gasteiger partial charge on any atom is 0.130 e. The molecule has 2 nitrogen and oxygen atoms in total. The molecule has 2 rings (SSSR count). The van der Waals surface area contributed by atoms with Crippen LogP contribution in [0.15, 0.2) is 48.1 Å². The Morgan fingerprint density at radius 1 is 1.30 bits per heavy atom. The number of ether oxygens (including phenoxy) is 1. The van der Waals surface area contributed by atoms with Crippen LogP contribution in [-0.4, -0.2) is 11.8 Å². The van der Waals surface area contributed by atoms with Crippen molar-refractivity contribution in [1.82, 2.24) is 0 Å². The third-order valence-electron chi connectivity index (χ3n) is 3.00. The maximum absolute atomic E-state index is 13.4. The Morgan fingerprint density at radius 2 is 2.05 bits per heavy atom. The first-order valence-electron chi connectivity index (χ1n) is 6.63. The van der Waals surface area contributed by atoms with Crippen LogP contribution >= 0.6 is 0 Å². The van der Waals surface area contributed by atoms with E-state index in [4.69, 9.17) is 10.1 Å². The van der Waals surface area contributed by atoms with E-state index < -0.39 is 0 Å². The van der Waals surface area contributed by atoms with Crippen molar-refractivity contribution < 1.29 is 9.13 Å². The van der Waals surface area contributed by atoms with Crippen LogP contribution in [0.25, 0.3) is 5.57 Å². The van der Waals surface area contributed by atoms with Gasteiger partial charge in [-0.1, -0.05) is 24.3 Å². The van der Waals surface area contributed by atoms with Crippen molar-refractivity contribution in [1.29, 1.82) is 5.41 Å². The molecule has 0 aliphatic heterocycles. The van der Waals surface area contributed by atoms with Gasteiger partial charge >= 0.3 is 0 Å². The second-order valence-corrected chi connectivity index (χ2v) is 4.87. The summed E-state index contributed by atoms with van der Waals surface area (Å²) < 4.78 is 19.1. The quantitative estimate of drug-likeness (QED) is 0.860. The monoisotopic (exact) mass is 271 g/mol. The molecule has 0 fully saturated rings. The number of allylic oxidation sites excluding steroid dienone is 6. The number of hydrogen-bond donors (Lipinski definition) is 1. The molecule has 1 aliphatic carbocycles. The lowest BCUT2D eigenvalue weighted by atomic mass is 9.91. The Labute approximate surface area is 118 Å². The Morgan fingerprint density at radius 3 is 2.70 bits per heavy atom. The number of hydrogen-bond acceptors (Lipinski definition) is 2. The van der Waals surface area contributed by atoms with Crippen molar-refractivity contribution in [3.63, 3.8) is 0 Å². The summed E-state index contributed by atoms with van der Waals surface area (Å²) in [6.07, 6.45) is 7.48. The molecule has 20 heavy (non-hydrogen) atoms. The molecule has 0 radical (unpaired) electrons. The average Bonchev–Trinajstić information content (AvgIpc) is 2.39. The molecule has 0 unspecified atom stereocenters. The van der Waals surface area contributed by atoms with Crippen molar-refractivity contribution >= 4 is 11.3 Å². The number of nitrogens with one attached hydrogen (secondary N) is 1. The summed E-state index contributed by atoms with van der Waals surface area (Å²) in [5, 5.41) is 8.24. The SMILES string of the molecule is C/C=C1/C=CC=C(c2ccc(F)cc2OC(C)C)C1=N. The fraction of sp³-hybridized carbons (Fsp3) is 0.235. The minimum atomic E-state index is -0.339. The van der Waals surface area contributed by atoms with E-state index in [1.54, 1.807) is 6.07 Å². The summed E-state index contributed by atoms with van der Waals surface area (Å²) in [4.78, 5) is 0. The molecule has 0 amide bonds. The average molecular weight is 271 g/mol. The molecule has 0 bridgehead atoms. The molecule has 0 aromatic heterocycles. The summed E-state index contributed by atoms with van der Waals surface area (Å²) in [6.45, 7) is 5.69. The van der Waals surface area contributed by atoms with Gasteiger partial charge in [0.2, 0.25) is 0 Å². The van der Waals surface area contributed by atoms with E-state index in [0.29, 0.717) is 11.5 Å². The van der Waals surface area contributed by atoms with Crippen LogP contribution in [0.4, 0.5) is 4.39 Å². The van der Waals surface area contributed by atoms with Gasteiger partial charge in [0.15, 0.2) is 0 Å². The van der Waals surface area contributed by atoms with Gasteiger partial charge in [0, 0.05) is 17.2 Å². The smallest absolute Gasteiger partial charge is 0.130 e. The number of benzene rings is 1. The lowest BCUT2D eigenvalue weighted by Crippen LogP contribution is -2.11. The first kappa shape index (κ1) is 14.3. The van der Waals surface area contributed by atoms with Crippen molar-refractivity contribution in [3.05, 3.63) is 59.5 Å². The fourth-order valence-corrected chi connectivity index (χ4v) is 2.11. The van der Waals surface area contributed by atoms with Gasteiger partial charge in [-0.2, -0.15) is 0 Å². The first-order chi connectivity index (χ1) is 9.52. The van der Waals surface area contributed by atoms with Crippen molar-refractivity contribution in [2.75, 3.05) is 0 Å². The second kappa shape index (κ2) is 5.87. The molecule has 0 saturated heterocycles. The molecule has 1 aromatic rings. The minimum absolute atomic E-state index is 0.0503. The number of halogens is 1. The highest BCUT2D eigenvalue weighted by molar-refractivity contribution is 6.32. The zero-order chi connectivity index (χ0) is 14.7. The van der Waals surface area contributed by atoms with Crippen LogP contribution in [0.5, 0.6) is 5.75 Å². The van der Waals surface area contributed by atoms with Gasteiger partial charge in [-0.05, 0) is 38.5 Å².